The quantitative estimate of drug-likeness (QED) is 0.795. The third-order valence-corrected chi connectivity index (χ3v) is 3.99. The molecule has 2 aromatic rings. The zero-order chi connectivity index (χ0) is 19.1. The van der Waals surface area contributed by atoms with Gasteiger partial charge in [0.1, 0.15) is 17.3 Å². The van der Waals surface area contributed by atoms with Crippen LogP contribution in [-0.4, -0.2) is 45.8 Å². The lowest BCUT2D eigenvalue weighted by atomic mass is 10.1. The molecule has 140 valence electrons. The minimum atomic E-state index is -0.370. The topological polar surface area (TPSA) is 62.8 Å². The van der Waals surface area contributed by atoms with Gasteiger partial charge in [-0.1, -0.05) is 12.1 Å². The number of hydrogen-bond donors (Lipinski definition) is 2. The van der Waals surface area contributed by atoms with Gasteiger partial charge < -0.3 is 25.0 Å². The number of likely N-dealkylation sites (N-methyl/N-ethyl adjacent to an activating group) is 1. The molecule has 1 unspecified atom stereocenters. The van der Waals surface area contributed by atoms with Crippen LogP contribution in [0.3, 0.4) is 0 Å². The fraction of sp³-hybridized carbons (Fsp3) is 0.316. The summed E-state index contributed by atoms with van der Waals surface area (Å²) in [4.78, 5) is 14.3. The molecule has 0 saturated heterocycles. The molecule has 7 heteroatoms. The number of benzene rings is 2. The Morgan fingerprint density at radius 2 is 1.81 bits per heavy atom. The van der Waals surface area contributed by atoms with E-state index in [9.17, 15) is 9.18 Å². The second kappa shape index (κ2) is 9.05. The van der Waals surface area contributed by atoms with Crippen molar-refractivity contribution in [2.24, 2.45) is 0 Å². The summed E-state index contributed by atoms with van der Waals surface area (Å²) in [6, 6.07) is 10.9. The van der Waals surface area contributed by atoms with E-state index in [-0.39, 0.29) is 17.9 Å². The Morgan fingerprint density at radius 1 is 1.12 bits per heavy atom. The van der Waals surface area contributed by atoms with E-state index in [1.54, 1.807) is 37.4 Å². The smallest absolute Gasteiger partial charge is 0.319 e. The molecule has 0 fully saturated rings. The number of ether oxygens (including phenoxy) is 2. The summed E-state index contributed by atoms with van der Waals surface area (Å²) in [6.07, 6.45) is 0. The SMILES string of the molecule is COc1ccc(OC)c(NC(=O)NCC(c2ccc(F)cc2)N(C)C)c1. The molecule has 2 amide bonds. The molecule has 2 N–H and O–H groups in total. The maximum absolute atomic E-state index is 13.1. The van der Waals surface area contributed by atoms with Gasteiger partial charge >= 0.3 is 6.03 Å². The molecule has 0 bridgehead atoms. The molecule has 0 saturated carbocycles. The standard InChI is InChI=1S/C19H24FN3O3/c1-23(2)17(13-5-7-14(20)8-6-13)12-21-19(24)22-16-11-15(25-3)9-10-18(16)26-4/h5-11,17H,12H2,1-4H3,(H2,21,22,24). The number of rotatable bonds is 7. The summed E-state index contributed by atoms with van der Waals surface area (Å²) in [7, 11) is 6.88. The average Bonchev–Trinajstić information content (AvgIpc) is 2.63. The monoisotopic (exact) mass is 361 g/mol. The van der Waals surface area contributed by atoms with Crippen LogP contribution >= 0.6 is 0 Å². The summed E-state index contributed by atoms with van der Waals surface area (Å²) in [5.74, 6) is 0.851. The highest BCUT2D eigenvalue weighted by molar-refractivity contribution is 5.91. The van der Waals surface area contributed by atoms with Gasteiger partial charge in [0, 0.05) is 12.6 Å². The number of amides is 2. The number of hydrogen-bond acceptors (Lipinski definition) is 4. The lowest BCUT2D eigenvalue weighted by Gasteiger charge is -2.25. The highest BCUT2D eigenvalue weighted by Crippen LogP contribution is 2.28. The molecule has 0 aliphatic rings. The van der Waals surface area contributed by atoms with Gasteiger partial charge in [-0.25, -0.2) is 9.18 Å². The van der Waals surface area contributed by atoms with Crippen molar-refractivity contribution in [2.45, 2.75) is 6.04 Å². The Kier molecular flexibility index (Phi) is 6.80. The number of halogens is 1. The molecule has 2 aromatic carbocycles. The number of carbonyl (C=O) groups is 1. The molecular weight excluding hydrogens is 337 g/mol. The van der Waals surface area contributed by atoms with E-state index in [0.717, 1.165) is 5.56 Å². The molecular formula is C19H24FN3O3. The lowest BCUT2D eigenvalue weighted by Crippen LogP contribution is -2.37. The molecule has 2 rings (SSSR count). The van der Waals surface area contributed by atoms with Gasteiger partial charge in [0.25, 0.3) is 0 Å². The largest absolute Gasteiger partial charge is 0.497 e. The Hall–Kier alpha value is -2.80. The van der Waals surface area contributed by atoms with E-state index in [4.69, 9.17) is 9.47 Å². The van der Waals surface area contributed by atoms with Crippen LogP contribution < -0.4 is 20.1 Å². The highest BCUT2D eigenvalue weighted by atomic mass is 19.1. The Bertz CT molecular complexity index is 735. The van der Waals surface area contributed by atoms with Gasteiger partial charge in [-0.3, -0.25) is 0 Å². The first-order chi connectivity index (χ1) is 12.4. The van der Waals surface area contributed by atoms with Crippen LogP contribution in [0.5, 0.6) is 11.5 Å². The van der Waals surface area contributed by atoms with E-state index < -0.39 is 0 Å². The molecule has 0 radical (unpaired) electrons. The lowest BCUT2D eigenvalue weighted by molar-refractivity contribution is 0.243. The van der Waals surface area contributed by atoms with Crippen molar-refractivity contribution in [3.05, 3.63) is 53.8 Å². The van der Waals surface area contributed by atoms with E-state index >= 15 is 0 Å². The second-order valence-electron chi connectivity index (χ2n) is 5.93. The number of nitrogens with zero attached hydrogens (tertiary/aromatic N) is 1. The van der Waals surface area contributed by atoms with Crippen LogP contribution in [0, 0.1) is 5.82 Å². The van der Waals surface area contributed by atoms with Crippen LogP contribution in [-0.2, 0) is 0 Å². The zero-order valence-electron chi connectivity index (χ0n) is 15.4. The minimum Gasteiger partial charge on any atom is -0.497 e. The van der Waals surface area contributed by atoms with Crippen molar-refractivity contribution >= 4 is 11.7 Å². The Labute approximate surface area is 152 Å². The molecule has 0 aliphatic heterocycles. The van der Waals surface area contributed by atoms with E-state index in [1.807, 2.05) is 19.0 Å². The maximum atomic E-state index is 13.1. The maximum Gasteiger partial charge on any atom is 0.319 e. The fourth-order valence-electron chi connectivity index (χ4n) is 2.55. The van der Waals surface area contributed by atoms with Crippen molar-refractivity contribution < 1.29 is 18.7 Å². The van der Waals surface area contributed by atoms with Crippen LogP contribution in [0.4, 0.5) is 14.9 Å². The fourth-order valence-corrected chi connectivity index (χ4v) is 2.55. The van der Waals surface area contributed by atoms with Crippen molar-refractivity contribution in [3.8, 4) is 11.5 Å². The zero-order valence-corrected chi connectivity index (χ0v) is 15.4. The molecule has 6 nitrogen and oxygen atoms in total. The first-order valence-corrected chi connectivity index (χ1v) is 8.13. The summed E-state index contributed by atoms with van der Waals surface area (Å²) in [5.41, 5.74) is 1.42. The summed E-state index contributed by atoms with van der Waals surface area (Å²) in [6.45, 7) is 0.358. The van der Waals surface area contributed by atoms with Crippen molar-refractivity contribution in [3.63, 3.8) is 0 Å². The first-order valence-electron chi connectivity index (χ1n) is 8.13. The third-order valence-electron chi connectivity index (χ3n) is 3.99. The van der Waals surface area contributed by atoms with Gasteiger partial charge in [0.15, 0.2) is 0 Å². The summed E-state index contributed by atoms with van der Waals surface area (Å²) < 4.78 is 23.5. The number of methoxy groups -OCH3 is 2. The Morgan fingerprint density at radius 3 is 2.38 bits per heavy atom. The molecule has 26 heavy (non-hydrogen) atoms. The molecule has 0 aromatic heterocycles. The molecule has 0 heterocycles. The van der Waals surface area contributed by atoms with Gasteiger partial charge in [0.05, 0.1) is 25.9 Å². The second-order valence-corrected chi connectivity index (χ2v) is 5.93. The third kappa shape index (κ3) is 5.10. The number of carbonyl (C=O) groups excluding carboxylic acids is 1. The van der Waals surface area contributed by atoms with Crippen LogP contribution in [0.15, 0.2) is 42.5 Å². The van der Waals surface area contributed by atoms with Crippen LogP contribution in [0.2, 0.25) is 0 Å². The van der Waals surface area contributed by atoms with Gasteiger partial charge in [-0.15, -0.1) is 0 Å². The predicted octanol–water partition coefficient (Wildman–Crippen LogP) is 3.27. The van der Waals surface area contributed by atoms with Crippen LogP contribution in [0.25, 0.3) is 0 Å². The van der Waals surface area contributed by atoms with E-state index in [2.05, 4.69) is 10.6 Å². The van der Waals surface area contributed by atoms with Crippen LogP contribution in [0.1, 0.15) is 11.6 Å². The first kappa shape index (κ1) is 19.5. The van der Waals surface area contributed by atoms with Crippen molar-refractivity contribution in [2.75, 3.05) is 40.2 Å². The molecule has 1 atom stereocenters. The highest BCUT2D eigenvalue weighted by Gasteiger charge is 2.16. The average molecular weight is 361 g/mol. The summed E-state index contributed by atoms with van der Waals surface area (Å²) >= 11 is 0. The normalized spacial score (nSPS) is 11.8. The van der Waals surface area contributed by atoms with Crippen molar-refractivity contribution in [1.29, 1.82) is 0 Å². The summed E-state index contributed by atoms with van der Waals surface area (Å²) in [5, 5.41) is 5.59. The number of anilines is 1. The van der Waals surface area contributed by atoms with Gasteiger partial charge in [-0.05, 0) is 43.9 Å². The minimum absolute atomic E-state index is 0.0893. The molecule has 0 spiro atoms. The van der Waals surface area contributed by atoms with E-state index in [1.165, 1.54) is 19.2 Å². The van der Waals surface area contributed by atoms with Gasteiger partial charge in [0.2, 0.25) is 0 Å². The van der Waals surface area contributed by atoms with Gasteiger partial charge in [-0.2, -0.15) is 0 Å². The molecule has 0 aliphatic carbocycles. The number of nitrogens with one attached hydrogen (secondary N) is 2. The predicted molar refractivity (Wildman–Crippen MR) is 99.4 cm³/mol. The Balaban J connectivity index is 2.03. The van der Waals surface area contributed by atoms with E-state index in [0.29, 0.717) is 23.7 Å². The number of urea groups is 1. The van der Waals surface area contributed by atoms with Crippen molar-refractivity contribution in [1.82, 2.24) is 10.2 Å².